The van der Waals surface area contributed by atoms with Gasteiger partial charge in [-0.25, -0.2) is 0 Å². The summed E-state index contributed by atoms with van der Waals surface area (Å²) in [6, 6.07) is 20.5. The lowest BCUT2D eigenvalue weighted by atomic mass is 9.96. The van der Waals surface area contributed by atoms with E-state index in [1.54, 1.807) is 0 Å². The lowest BCUT2D eigenvalue weighted by Gasteiger charge is -2.32. The average molecular weight is 487 g/mol. The zero-order valence-electron chi connectivity index (χ0n) is 20.2. The summed E-state index contributed by atoms with van der Waals surface area (Å²) in [5.41, 5.74) is 4.72. The number of amides is 1. The van der Waals surface area contributed by atoms with Crippen LogP contribution in [0.3, 0.4) is 0 Å². The molecule has 0 bridgehead atoms. The molecule has 1 fully saturated rings. The van der Waals surface area contributed by atoms with Crippen LogP contribution in [0.4, 0.5) is 0 Å². The van der Waals surface area contributed by atoms with E-state index in [0.717, 1.165) is 42.9 Å². The van der Waals surface area contributed by atoms with Crippen molar-refractivity contribution in [3.05, 3.63) is 82.2 Å². The minimum absolute atomic E-state index is 0.0365. The molecule has 2 aromatic heterocycles. The molecule has 0 atom stereocenters. The Labute approximate surface area is 210 Å². The first kappa shape index (κ1) is 23.5. The number of rotatable bonds is 7. The third-order valence-electron chi connectivity index (χ3n) is 6.56. The van der Waals surface area contributed by atoms with Crippen molar-refractivity contribution in [3.63, 3.8) is 0 Å². The highest BCUT2D eigenvalue weighted by atomic mass is 32.1. The van der Waals surface area contributed by atoms with Gasteiger partial charge in [0.05, 0.1) is 9.75 Å². The number of carbonyl (C=O) groups is 1. The van der Waals surface area contributed by atoms with Crippen LogP contribution in [0.25, 0.3) is 22.2 Å². The van der Waals surface area contributed by atoms with E-state index in [9.17, 15) is 4.79 Å². The number of likely N-dealkylation sites (tertiary alicyclic amines) is 1. The maximum Gasteiger partial charge on any atom is 0.261 e. The summed E-state index contributed by atoms with van der Waals surface area (Å²) in [4.78, 5) is 21.2. The van der Waals surface area contributed by atoms with Gasteiger partial charge in [0.1, 0.15) is 0 Å². The zero-order chi connectivity index (χ0) is 24.2. The standard InChI is InChI=1S/C28H30N4O2S/c1-19-3-7-22(8-4-19)18-32-15-13-21(14-16-32)17-29-27(33)25-12-11-24(35-25)26-30-28(34-31-26)23-9-5-20(2)6-10-23/h3-12,21H,13-18H2,1-2H3,(H,29,33). The van der Waals surface area contributed by atoms with Gasteiger partial charge in [-0.05, 0) is 75.5 Å². The quantitative estimate of drug-likeness (QED) is 0.362. The van der Waals surface area contributed by atoms with Crippen molar-refractivity contribution in [2.75, 3.05) is 19.6 Å². The van der Waals surface area contributed by atoms with E-state index in [0.29, 0.717) is 29.1 Å². The zero-order valence-corrected chi connectivity index (χ0v) is 21.0. The Bertz CT molecular complexity index is 1270. The van der Waals surface area contributed by atoms with Crippen LogP contribution in [0.2, 0.25) is 0 Å². The minimum atomic E-state index is -0.0365. The highest BCUT2D eigenvalue weighted by molar-refractivity contribution is 7.17. The van der Waals surface area contributed by atoms with Gasteiger partial charge in [0.2, 0.25) is 5.82 Å². The van der Waals surface area contributed by atoms with Crippen LogP contribution in [-0.2, 0) is 6.54 Å². The first-order valence-electron chi connectivity index (χ1n) is 12.1. The van der Waals surface area contributed by atoms with Gasteiger partial charge in [0.25, 0.3) is 11.8 Å². The van der Waals surface area contributed by atoms with Crippen LogP contribution < -0.4 is 5.32 Å². The predicted molar refractivity (Wildman–Crippen MR) is 139 cm³/mol. The minimum Gasteiger partial charge on any atom is -0.351 e. The molecular weight excluding hydrogens is 456 g/mol. The molecule has 0 saturated carbocycles. The van der Waals surface area contributed by atoms with Crippen molar-refractivity contribution in [2.24, 2.45) is 5.92 Å². The molecule has 1 amide bonds. The Kier molecular flexibility index (Phi) is 7.06. The Morgan fingerprint density at radius 3 is 2.40 bits per heavy atom. The molecule has 4 aromatic rings. The van der Waals surface area contributed by atoms with E-state index in [4.69, 9.17) is 4.52 Å². The number of carbonyl (C=O) groups excluding carboxylic acids is 1. The van der Waals surface area contributed by atoms with Crippen molar-refractivity contribution in [2.45, 2.75) is 33.2 Å². The fourth-order valence-corrected chi connectivity index (χ4v) is 5.19. The fourth-order valence-electron chi connectivity index (χ4n) is 4.34. The van der Waals surface area contributed by atoms with Gasteiger partial charge in [-0.2, -0.15) is 4.98 Å². The van der Waals surface area contributed by atoms with Crippen molar-refractivity contribution in [1.29, 1.82) is 0 Å². The third-order valence-corrected chi connectivity index (χ3v) is 7.64. The number of thiophene rings is 1. The lowest BCUT2D eigenvalue weighted by molar-refractivity contribution is 0.0939. The van der Waals surface area contributed by atoms with Crippen LogP contribution in [0, 0.1) is 19.8 Å². The maximum atomic E-state index is 12.7. The number of aromatic nitrogens is 2. The number of piperidine rings is 1. The SMILES string of the molecule is Cc1ccc(CN2CCC(CNC(=O)c3ccc(-c4noc(-c5ccc(C)cc5)n4)s3)CC2)cc1. The number of nitrogens with one attached hydrogen (secondary N) is 1. The highest BCUT2D eigenvalue weighted by Crippen LogP contribution is 2.28. The number of hydrogen-bond donors (Lipinski definition) is 1. The van der Waals surface area contributed by atoms with Gasteiger partial charge >= 0.3 is 0 Å². The molecule has 0 aliphatic carbocycles. The molecule has 1 aliphatic rings. The Hall–Kier alpha value is -3.29. The van der Waals surface area contributed by atoms with Crippen molar-refractivity contribution >= 4 is 17.2 Å². The molecule has 0 spiro atoms. The van der Waals surface area contributed by atoms with Gasteiger partial charge in [-0.1, -0.05) is 52.7 Å². The summed E-state index contributed by atoms with van der Waals surface area (Å²) in [5, 5.41) is 7.24. The molecule has 7 heteroatoms. The Morgan fingerprint density at radius 1 is 1.00 bits per heavy atom. The predicted octanol–water partition coefficient (Wildman–Crippen LogP) is 5.72. The van der Waals surface area contributed by atoms with E-state index in [1.165, 1.54) is 28.0 Å². The largest absolute Gasteiger partial charge is 0.351 e. The maximum absolute atomic E-state index is 12.7. The summed E-state index contributed by atoms with van der Waals surface area (Å²) in [7, 11) is 0. The summed E-state index contributed by atoms with van der Waals surface area (Å²) in [6.07, 6.45) is 2.21. The van der Waals surface area contributed by atoms with Gasteiger partial charge in [0, 0.05) is 18.7 Å². The molecular formula is C28H30N4O2S. The molecule has 5 rings (SSSR count). The van der Waals surface area contributed by atoms with E-state index < -0.39 is 0 Å². The summed E-state index contributed by atoms with van der Waals surface area (Å²) in [6.45, 7) is 8.01. The molecule has 6 nitrogen and oxygen atoms in total. The van der Waals surface area contributed by atoms with Crippen LogP contribution in [0.5, 0.6) is 0 Å². The summed E-state index contributed by atoms with van der Waals surface area (Å²) in [5.74, 6) is 1.46. The second kappa shape index (κ2) is 10.5. The Balaban J connectivity index is 1.11. The molecule has 1 saturated heterocycles. The van der Waals surface area contributed by atoms with Gasteiger partial charge in [0.15, 0.2) is 0 Å². The smallest absolute Gasteiger partial charge is 0.261 e. The summed E-state index contributed by atoms with van der Waals surface area (Å²) >= 11 is 1.39. The second-order valence-electron chi connectivity index (χ2n) is 9.37. The second-order valence-corrected chi connectivity index (χ2v) is 10.5. The molecule has 1 aliphatic heterocycles. The van der Waals surface area contributed by atoms with E-state index in [2.05, 4.69) is 51.5 Å². The highest BCUT2D eigenvalue weighted by Gasteiger charge is 2.21. The molecule has 180 valence electrons. The topological polar surface area (TPSA) is 71.3 Å². The molecule has 3 heterocycles. The van der Waals surface area contributed by atoms with Gasteiger partial charge < -0.3 is 9.84 Å². The number of hydrogen-bond acceptors (Lipinski definition) is 6. The molecule has 0 unspecified atom stereocenters. The van der Waals surface area contributed by atoms with Crippen molar-refractivity contribution in [3.8, 4) is 22.2 Å². The average Bonchev–Trinajstić information content (AvgIpc) is 3.56. The number of benzene rings is 2. The number of aryl methyl sites for hydroxylation is 2. The van der Waals surface area contributed by atoms with Gasteiger partial charge in [-0.3, -0.25) is 9.69 Å². The van der Waals surface area contributed by atoms with Crippen LogP contribution >= 0.6 is 11.3 Å². The Morgan fingerprint density at radius 2 is 1.69 bits per heavy atom. The third kappa shape index (κ3) is 5.86. The lowest BCUT2D eigenvalue weighted by Crippen LogP contribution is -2.38. The molecule has 2 aromatic carbocycles. The van der Waals surface area contributed by atoms with E-state index in [-0.39, 0.29) is 5.91 Å². The van der Waals surface area contributed by atoms with Crippen LogP contribution in [-0.4, -0.2) is 40.6 Å². The van der Waals surface area contributed by atoms with Crippen molar-refractivity contribution < 1.29 is 9.32 Å². The molecule has 1 N–H and O–H groups in total. The van der Waals surface area contributed by atoms with Crippen LogP contribution in [0.15, 0.2) is 65.2 Å². The normalized spacial score (nSPS) is 14.8. The van der Waals surface area contributed by atoms with Crippen molar-refractivity contribution in [1.82, 2.24) is 20.4 Å². The number of nitrogens with zero attached hydrogens (tertiary/aromatic N) is 3. The van der Waals surface area contributed by atoms with Crippen LogP contribution in [0.1, 0.15) is 39.2 Å². The molecule has 35 heavy (non-hydrogen) atoms. The first-order valence-corrected chi connectivity index (χ1v) is 12.9. The molecule has 0 radical (unpaired) electrons. The van der Waals surface area contributed by atoms with E-state index >= 15 is 0 Å². The summed E-state index contributed by atoms with van der Waals surface area (Å²) < 4.78 is 5.43. The fraction of sp³-hybridized carbons (Fsp3) is 0.321. The van der Waals surface area contributed by atoms with Gasteiger partial charge in [-0.15, -0.1) is 11.3 Å². The first-order chi connectivity index (χ1) is 17.0. The monoisotopic (exact) mass is 486 g/mol. The van der Waals surface area contributed by atoms with E-state index in [1.807, 2.05) is 43.3 Å².